The van der Waals surface area contributed by atoms with E-state index in [1.165, 1.54) is 6.07 Å². The Morgan fingerprint density at radius 3 is 2.33 bits per heavy atom. The lowest BCUT2D eigenvalue weighted by atomic mass is 10.2. The second kappa shape index (κ2) is 9.15. The number of aromatic nitrogens is 2. The largest absolute Gasteiger partial charge is 0.349 e. The van der Waals surface area contributed by atoms with E-state index >= 15 is 0 Å². The minimum atomic E-state index is -0.463. The maximum Gasteiger partial charge on any atom is 0.275 e. The fourth-order valence-electron chi connectivity index (χ4n) is 3.04. The van der Waals surface area contributed by atoms with Crippen LogP contribution in [0, 0.1) is 6.92 Å². The molecule has 1 amide bonds. The highest BCUT2D eigenvalue weighted by molar-refractivity contribution is 6.30. The zero-order valence-corrected chi connectivity index (χ0v) is 17.2. The predicted octanol–water partition coefficient (Wildman–Crippen LogP) is 3.04. The number of aryl methyl sites for hydroxylation is 1. The van der Waals surface area contributed by atoms with E-state index < -0.39 is 5.91 Å². The number of nitrogens with one attached hydrogen (secondary N) is 1. The van der Waals surface area contributed by atoms with Crippen molar-refractivity contribution in [3.05, 3.63) is 57.0 Å². The molecular weight excluding hydrogens is 364 g/mol. The van der Waals surface area contributed by atoms with Crippen LogP contribution in [0.2, 0.25) is 5.02 Å². The zero-order valence-electron chi connectivity index (χ0n) is 16.5. The summed E-state index contributed by atoms with van der Waals surface area (Å²) >= 11 is 5.93. The Hall–Kier alpha value is -2.18. The van der Waals surface area contributed by atoms with Gasteiger partial charge in [0.15, 0.2) is 5.69 Å². The third kappa shape index (κ3) is 5.40. The fourth-order valence-corrected chi connectivity index (χ4v) is 3.17. The second-order valence-corrected chi connectivity index (χ2v) is 7.50. The molecular formula is C20H27ClN4O2. The molecule has 0 fully saturated rings. The van der Waals surface area contributed by atoms with Crippen molar-refractivity contribution in [2.75, 3.05) is 13.1 Å². The first-order valence-electron chi connectivity index (χ1n) is 9.11. The van der Waals surface area contributed by atoms with Crippen molar-refractivity contribution in [2.24, 2.45) is 0 Å². The second-order valence-electron chi connectivity index (χ2n) is 7.07. The quantitative estimate of drug-likeness (QED) is 0.789. The van der Waals surface area contributed by atoms with E-state index in [0.717, 1.165) is 5.69 Å². The van der Waals surface area contributed by atoms with Crippen LogP contribution in [0.4, 0.5) is 0 Å². The lowest BCUT2D eigenvalue weighted by Crippen LogP contribution is -2.43. The van der Waals surface area contributed by atoms with Crippen LogP contribution in [0.1, 0.15) is 43.9 Å². The van der Waals surface area contributed by atoms with Gasteiger partial charge in [-0.2, -0.15) is 5.10 Å². The van der Waals surface area contributed by atoms with Crippen molar-refractivity contribution < 1.29 is 4.79 Å². The summed E-state index contributed by atoms with van der Waals surface area (Å²) in [5.41, 5.74) is 0.873. The van der Waals surface area contributed by atoms with Gasteiger partial charge in [0.1, 0.15) is 0 Å². The van der Waals surface area contributed by atoms with Crippen molar-refractivity contribution in [1.29, 1.82) is 0 Å². The van der Waals surface area contributed by atoms with Crippen LogP contribution >= 0.6 is 11.6 Å². The molecule has 146 valence electrons. The molecule has 1 heterocycles. The molecule has 1 N–H and O–H groups in total. The van der Waals surface area contributed by atoms with Gasteiger partial charge >= 0.3 is 0 Å². The van der Waals surface area contributed by atoms with E-state index in [1.807, 2.05) is 0 Å². The van der Waals surface area contributed by atoms with Gasteiger partial charge < -0.3 is 5.32 Å². The molecule has 2 aromatic rings. The number of benzene rings is 1. The molecule has 2 rings (SSSR count). The van der Waals surface area contributed by atoms with E-state index in [9.17, 15) is 9.59 Å². The number of halogens is 1. The molecule has 1 aromatic carbocycles. The van der Waals surface area contributed by atoms with Gasteiger partial charge in [-0.1, -0.05) is 11.6 Å². The third-order valence-corrected chi connectivity index (χ3v) is 4.63. The van der Waals surface area contributed by atoms with Crippen LogP contribution in [0.15, 0.2) is 35.1 Å². The van der Waals surface area contributed by atoms with Crippen LogP contribution in [0.25, 0.3) is 5.69 Å². The number of hydrogen-bond donors (Lipinski definition) is 1. The lowest BCUT2D eigenvalue weighted by Gasteiger charge is -2.30. The molecule has 0 saturated heterocycles. The number of carbonyl (C=O) groups is 1. The number of carbonyl (C=O) groups excluding carboxylic acids is 1. The molecule has 0 aliphatic heterocycles. The first-order chi connectivity index (χ1) is 12.7. The number of rotatable bonds is 7. The van der Waals surface area contributed by atoms with Crippen LogP contribution in [0.3, 0.4) is 0 Å². The molecule has 0 atom stereocenters. The summed E-state index contributed by atoms with van der Waals surface area (Å²) in [6.45, 7) is 11.4. The van der Waals surface area contributed by atoms with Gasteiger partial charge in [-0.25, -0.2) is 4.68 Å². The van der Waals surface area contributed by atoms with Crippen LogP contribution in [-0.2, 0) is 0 Å². The van der Waals surface area contributed by atoms with Crippen LogP contribution in [-0.4, -0.2) is 45.8 Å². The third-order valence-electron chi connectivity index (χ3n) is 4.38. The summed E-state index contributed by atoms with van der Waals surface area (Å²) in [7, 11) is 0. The van der Waals surface area contributed by atoms with E-state index in [-0.39, 0.29) is 11.1 Å². The van der Waals surface area contributed by atoms with Crippen molar-refractivity contribution in [3.63, 3.8) is 0 Å². The normalized spacial score (nSPS) is 11.4. The predicted molar refractivity (Wildman–Crippen MR) is 109 cm³/mol. The van der Waals surface area contributed by atoms with Crippen molar-refractivity contribution >= 4 is 17.5 Å². The number of amides is 1. The maximum absolute atomic E-state index is 12.5. The van der Waals surface area contributed by atoms with Gasteiger partial charge in [0, 0.05) is 42.0 Å². The summed E-state index contributed by atoms with van der Waals surface area (Å²) in [5.74, 6) is -0.463. The average molecular weight is 391 g/mol. The van der Waals surface area contributed by atoms with Gasteiger partial charge in [0.05, 0.1) is 5.69 Å². The van der Waals surface area contributed by atoms with E-state index in [1.54, 1.807) is 35.9 Å². The number of hydrogen-bond acceptors (Lipinski definition) is 4. The molecule has 0 bridgehead atoms. The fraction of sp³-hybridized carbons (Fsp3) is 0.450. The van der Waals surface area contributed by atoms with Crippen molar-refractivity contribution in [3.8, 4) is 5.69 Å². The molecule has 27 heavy (non-hydrogen) atoms. The summed E-state index contributed by atoms with van der Waals surface area (Å²) in [6, 6.07) is 9.23. The molecule has 0 aliphatic rings. The highest BCUT2D eigenvalue weighted by atomic mass is 35.5. The molecule has 0 radical (unpaired) electrons. The Morgan fingerprint density at radius 1 is 1.19 bits per heavy atom. The Balaban J connectivity index is 2.18. The Morgan fingerprint density at radius 2 is 1.78 bits per heavy atom. The summed E-state index contributed by atoms with van der Waals surface area (Å²) < 4.78 is 1.57. The van der Waals surface area contributed by atoms with E-state index in [0.29, 0.717) is 35.9 Å². The Labute approximate surface area is 165 Å². The molecule has 0 saturated carbocycles. The van der Waals surface area contributed by atoms with Gasteiger partial charge in [-0.15, -0.1) is 0 Å². The summed E-state index contributed by atoms with van der Waals surface area (Å²) in [5, 5.41) is 7.69. The van der Waals surface area contributed by atoms with Gasteiger partial charge in [0.25, 0.3) is 5.91 Å². The highest BCUT2D eigenvalue weighted by Gasteiger charge is 2.17. The number of nitrogens with zero attached hydrogens (tertiary/aromatic N) is 3. The van der Waals surface area contributed by atoms with Crippen molar-refractivity contribution in [2.45, 2.75) is 46.7 Å². The van der Waals surface area contributed by atoms with Crippen LogP contribution in [0.5, 0.6) is 0 Å². The molecule has 6 nitrogen and oxygen atoms in total. The summed E-state index contributed by atoms with van der Waals surface area (Å²) in [4.78, 5) is 27.0. The maximum atomic E-state index is 12.5. The van der Waals surface area contributed by atoms with E-state index in [4.69, 9.17) is 11.6 Å². The minimum Gasteiger partial charge on any atom is -0.349 e. The molecule has 0 aliphatic carbocycles. The van der Waals surface area contributed by atoms with Gasteiger partial charge in [-0.05, 0) is 58.9 Å². The monoisotopic (exact) mass is 390 g/mol. The standard InChI is InChI=1S/C20H27ClN4O2/c1-13(2)24(14(3)4)11-10-22-20(27)19-18(26)12-15(5)25(23-19)17-8-6-16(21)7-9-17/h6-9,12-14H,10-11H2,1-5H3,(H,22,27). The molecule has 1 aromatic heterocycles. The van der Waals surface area contributed by atoms with E-state index in [2.05, 4.69) is 43.0 Å². The molecule has 0 unspecified atom stereocenters. The first kappa shape index (κ1) is 21.1. The topological polar surface area (TPSA) is 67.2 Å². The van der Waals surface area contributed by atoms with Crippen LogP contribution < -0.4 is 10.7 Å². The van der Waals surface area contributed by atoms with Gasteiger partial charge in [-0.3, -0.25) is 14.5 Å². The highest BCUT2D eigenvalue weighted by Crippen LogP contribution is 2.13. The Kier molecular flexibility index (Phi) is 7.16. The zero-order chi connectivity index (χ0) is 20.1. The molecule has 7 heteroatoms. The summed E-state index contributed by atoms with van der Waals surface area (Å²) in [6.07, 6.45) is 0. The Bertz CT molecular complexity index is 836. The van der Waals surface area contributed by atoms with Crippen molar-refractivity contribution in [1.82, 2.24) is 20.0 Å². The minimum absolute atomic E-state index is 0.115. The lowest BCUT2D eigenvalue weighted by molar-refractivity contribution is 0.0931. The average Bonchev–Trinajstić information content (AvgIpc) is 2.59. The molecule has 0 spiro atoms. The van der Waals surface area contributed by atoms with Gasteiger partial charge in [0.2, 0.25) is 5.43 Å². The smallest absolute Gasteiger partial charge is 0.275 e. The SMILES string of the molecule is Cc1cc(=O)c(C(=O)NCCN(C(C)C)C(C)C)nn1-c1ccc(Cl)cc1. The first-order valence-corrected chi connectivity index (χ1v) is 9.49.